The number of benzene rings is 1. The lowest BCUT2D eigenvalue weighted by Crippen LogP contribution is -2.38. The number of hydrazine groups is 1. The van der Waals surface area contributed by atoms with Crippen molar-refractivity contribution in [2.24, 2.45) is 0 Å². The molecule has 62 valence electrons. The third kappa shape index (κ3) is 1.08. The van der Waals surface area contributed by atoms with Gasteiger partial charge in [-0.05, 0) is 6.07 Å². The molecule has 0 aromatic heterocycles. The number of nitrogens with two attached hydrogens (primary N) is 1. The zero-order valence-corrected chi connectivity index (χ0v) is 7.05. The number of nitrogens with one attached hydrogen (secondary N) is 1. The van der Waals surface area contributed by atoms with Gasteiger partial charge in [0.2, 0.25) is 0 Å². The van der Waals surface area contributed by atoms with Gasteiger partial charge in [-0.25, -0.2) is 4.53 Å². The molecule has 3 nitrogen and oxygen atoms in total. The lowest BCUT2D eigenvalue weighted by molar-refractivity contribution is 0.583. The van der Waals surface area contributed by atoms with Crippen molar-refractivity contribution >= 4 is 29.9 Å². The summed E-state index contributed by atoms with van der Waals surface area (Å²) in [5.41, 5.74) is 9.30. The van der Waals surface area contributed by atoms with E-state index in [1.165, 1.54) is 4.53 Å². The molecule has 0 saturated heterocycles. The van der Waals surface area contributed by atoms with Crippen LogP contribution >= 0.6 is 11.8 Å². The normalized spacial score (nSPS) is 13.9. The summed E-state index contributed by atoms with van der Waals surface area (Å²) in [4.78, 5) is 0. The molecule has 0 unspecified atom stereocenters. The van der Waals surface area contributed by atoms with Crippen LogP contribution in [0.4, 0.5) is 5.69 Å². The van der Waals surface area contributed by atoms with Gasteiger partial charge in [0.15, 0.2) is 0 Å². The number of hydrogen-bond acceptors (Lipinski definition) is 3. The summed E-state index contributed by atoms with van der Waals surface area (Å²) in [6.45, 7) is 0. The maximum Gasteiger partial charge on any atom is 0.0478 e. The molecule has 1 aliphatic heterocycles. The van der Waals surface area contributed by atoms with Crippen LogP contribution in [0.2, 0.25) is 0 Å². The van der Waals surface area contributed by atoms with Crippen molar-refractivity contribution in [3.05, 3.63) is 28.6 Å². The van der Waals surface area contributed by atoms with Crippen molar-refractivity contribution in [2.45, 2.75) is 0 Å². The van der Waals surface area contributed by atoms with E-state index in [4.69, 9.17) is 17.5 Å². The van der Waals surface area contributed by atoms with Crippen molar-refractivity contribution in [3.63, 3.8) is 0 Å². The standard InChI is InChI=1S/C8H8ClN3/c9-12-5-6-2-1-3-8(10)7(6)4-11-12/h1-5,11H,10H2. The highest BCUT2D eigenvalue weighted by Gasteiger charge is 1.99. The van der Waals surface area contributed by atoms with Crippen LogP contribution in [0.3, 0.4) is 0 Å². The summed E-state index contributed by atoms with van der Waals surface area (Å²) in [6.07, 6.45) is 3.55. The molecule has 1 aromatic carbocycles. The van der Waals surface area contributed by atoms with Gasteiger partial charge >= 0.3 is 0 Å². The fraction of sp³-hybridized carbons (Fsp3) is 0. The quantitative estimate of drug-likeness (QED) is 0.427. The second-order valence-electron chi connectivity index (χ2n) is 2.56. The van der Waals surface area contributed by atoms with Crippen LogP contribution in [0.25, 0.3) is 12.4 Å². The molecular weight excluding hydrogens is 174 g/mol. The SMILES string of the molecule is Nc1cccc2c1=CNN(Cl)C=2. The Hall–Kier alpha value is -1.35. The van der Waals surface area contributed by atoms with Crippen LogP contribution in [0.15, 0.2) is 18.2 Å². The van der Waals surface area contributed by atoms with Crippen LogP contribution in [0, 0.1) is 0 Å². The third-order valence-electron chi connectivity index (χ3n) is 1.76. The summed E-state index contributed by atoms with van der Waals surface area (Å²) in [5, 5.41) is 2.00. The van der Waals surface area contributed by atoms with Crippen molar-refractivity contribution in [3.8, 4) is 0 Å². The zero-order chi connectivity index (χ0) is 8.55. The number of nitrogens with zero attached hydrogens (tertiary/aromatic N) is 1. The fourth-order valence-corrected chi connectivity index (χ4v) is 1.32. The minimum Gasteiger partial charge on any atom is -0.398 e. The van der Waals surface area contributed by atoms with E-state index in [9.17, 15) is 0 Å². The molecule has 1 heterocycles. The van der Waals surface area contributed by atoms with Crippen molar-refractivity contribution in [1.29, 1.82) is 0 Å². The molecule has 1 aromatic rings. The Kier molecular flexibility index (Phi) is 1.59. The molecule has 2 rings (SSSR count). The maximum absolute atomic E-state index is 5.73. The largest absolute Gasteiger partial charge is 0.398 e. The predicted molar refractivity (Wildman–Crippen MR) is 49.9 cm³/mol. The molecule has 0 fully saturated rings. The molecule has 0 spiro atoms. The van der Waals surface area contributed by atoms with E-state index in [1.54, 1.807) is 12.4 Å². The molecule has 0 radical (unpaired) electrons. The van der Waals surface area contributed by atoms with Gasteiger partial charge in [-0.2, -0.15) is 0 Å². The lowest BCUT2D eigenvalue weighted by atomic mass is 10.2. The Morgan fingerprint density at radius 1 is 1.42 bits per heavy atom. The molecule has 0 bridgehead atoms. The second-order valence-corrected chi connectivity index (χ2v) is 2.93. The van der Waals surface area contributed by atoms with Gasteiger partial charge in [0.05, 0.1) is 0 Å². The van der Waals surface area contributed by atoms with Crippen LogP contribution < -0.4 is 21.6 Å². The Labute approximate surface area is 74.8 Å². The number of halogens is 1. The minimum absolute atomic E-state index is 0.751. The number of fused-ring (bicyclic) bond motifs is 1. The van der Waals surface area contributed by atoms with E-state index in [1.807, 2.05) is 18.2 Å². The van der Waals surface area contributed by atoms with Crippen LogP contribution in [-0.2, 0) is 0 Å². The average molecular weight is 182 g/mol. The molecule has 0 amide bonds. The lowest BCUT2D eigenvalue weighted by Gasteiger charge is -2.13. The fourth-order valence-electron chi connectivity index (χ4n) is 1.17. The number of nitrogen functional groups attached to an aromatic ring is 1. The summed E-state index contributed by atoms with van der Waals surface area (Å²) in [5.74, 6) is 0. The molecule has 3 N–H and O–H groups in total. The van der Waals surface area contributed by atoms with Gasteiger partial charge in [-0.1, -0.05) is 12.1 Å². The molecule has 1 aliphatic rings. The highest BCUT2D eigenvalue weighted by Crippen LogP contribution is 1.94. The first-order valence-corrected chi connectivity index (χ1v) is 3.89. The zero-order valence-electron chi connectivity index (χ0n) is 6.29. The van der Waals surface area contributed by atoms with Gasteiger partial charge in [-0.15, -0.1) is 0 Å². The molecule has 0 atom stereocenters. The predicted octanol–water partition coefficient (Wildman–Crippen LogP) is -0.281. The first kappa shape index (κ1) is 7.31. The smallest absolute Gasteiger partial charge is 0.0478 e. The van der Waals surface area contributed by atoms with E-state index >= 15 is 0 Å². The van der Waals surface area contributed by atoms with Crippen molar-refractivity contribution < 1.29 is 0 Å². The highest BCUT2D eigenvalue weighted by molar-refractivity contribution is 6.15. The monoisotopic (exact) mass is 181 g/mol. The molecular formula is C8H8ClN3. The molecule has 0 saturated carbocycles. The van der Waals surface area contributed by atoms with Gasteiger partial charge in [0, 0.05) is 40.3 Å². The summed E-state index contributed by atoms with van der Waals surface area (Å²) in [7, 11) is 0. The molecule has 12 heavy (non-hydrogen) atoms. The summed E-state index contributed by atoms with van der Waals surface area (Å²) in [6, 6.07) is 5.71. The van der Waals surface area contributed by atoms with Crippen molar-refractivity contribution in [1.82, 2.24) is 9.95 Å². The van der Waals surface area contributed by atoms with E-state index in [-0.39, 0.29) is 0 Å². The van der Waals surface area contributed by atoms with Gasteiger partial charge < -0.3 is 5.73 Å². The minimum atomic E-state index is 0.751. The first-order valence-electron chi connectivity index (χ1n) is 3.55. The molecule has 0 aliphatic carbocycles. The van der Waals surface area contributed by atoms with E-state index in [0.717, 1.165) is 16.1 Å². The van der Waals surface area contributed by atoms with Crippen LogP contribution in [0.1, 0.15) is 0 Å². The van der Waals surface area contributed by atoms with Crippen LogP contribution in [-0.4, -0.2) is 4.53 Å². The molecule has 4 heteroatoms. The Balaban J connectivity index is 2.78. The average Bonchev–Trinajstić information content (AvgIpc) is 2.04. The van der Waals surface area contributed by atoms with Gasteiger partial charge in [0.25, 0.3) is 0 Å². The first-order chi connectivity index (χ1) is 5.77. The van der Waals surface area contributed by atoms with E-state index < -0.39 is 0 Å². The topological polar surface area (TPSA) is 41.3 Å². The Morgan fingerprint density at radius 2 is 2.25 bits per heavy atom. The maximum atomic E-state index is 5.73. The van der Waals surface area contributed by atoms with Crippen LogP contribution in [0.5, 0.6) is 0 Å². The second kappa shape index (κ2) is 2.60. The summed E-state index contributed by atoms with van der Waals surface area (Å²) >= 11 is 5.69. The van der Waals surface area contributed by atoms with Crippen molar-refractivity contribution in [2.75, 3.05) is 5.73 Å². The van der Waals surface area contributed by atoms with Gasteiger partial charge in [0.1, 0.15) is 0 Å². The highest BCUT2D eigenvalue weighted by atomic mass is 35.5. The Morgan fingerprint density at radius 3 is 3.08 bits per heavy atom. The Bertz CT molecular complexity index is 413. The summed E-state index contributed by atoms with van der Waals surface area (Å²) < 4.78 is 1.36. The van der Waals surface area contributed by atoms with Gasteiger partial charge in [-0.3, -0.25) is 5.43 Å². The van der Waals surface area contributed by atoms with E-state index in [0.29, 0.717) is 0 Å². The number of anilines is 1. The number of rotatable bonds is 0. The van der Waals surface area contributed by atoms with E-state index in [2.05, 4.69) is 5.43 Å². The number of hydrogen-bond donors (Lipinski definition) is 2. The third-order valence-corrected chi connectivity index (χ3v) is 1.95.